The Balaban J connectivity index is 2.28. The highest BCUT2D eigenvalue weighted by Gasteiger charge is 2.43. The summed E-state index contributed by atoms with van der Waals surface area (Å²) in [5.41, 5.74) is 2.01. The van der Waals surface area contributed by atoms with E-state index in [-0.39, 0.29) is 10.8 Å². The third-order valence-corrected chi connectivity index (χ3v) is 5.08. The van der Waals surface area contributed by atoms with E-state index in [2.05, 4.69) is 53.6 Å². The van der Waals surface area contributed by atoms with Crippen LogP contribution in [0.15, 0.2) is 24.0 Å². The second kappa shape index (κ2) is 7.32. The van der Waals surface area contributed by atoms with E-state index in [0.29, 0.717) is 0 Å². The predicted molar refractivity (Wildman–Crippen MR) is 90.1 cm³/mol. The topological polar surface area (TPSA) is 48.1 Å². The van der Waals surface area contributed by atoms with E-state index in [4.69, 9.17) is 0 Å². The molecule has 0 saturated heterocycles. The highest BCUT2D eigenvalue weighted by molar-refractivity contribution is 5.32. The van der Waals surface area contributed by atoms with Crippen molar-refractivity contribution >= 4 is 0 Å². The lowest BCUT2D eigenvalue weighted by Crippen LogP contribution is -2.46. The van der Waals surface area contributed by atoms with Crippen LogP contribution in [0.5, 0.6) is 0 Å². The average molecular weight is 292 g/mol. The Morgan fingerprint density at radius 2 is 2.05 bits per heavy atom. The highest BCUT2D eigenvalue weighted by Crippen LogP contribution is 2.49. The van der Waals surface area contributed by atoms with Crippen molar-refractivity contribution in [3.8, 4) is 0 Å². The van der Waals surface area contributed by atoms with Crippen molar-refractivity contribution in [3.63, 3.8) is 0 Å². The molecule has 0 aromatic rings. The first-order valence-corrected chi connectivity index (χ1v) is 8.38. The first kappa shape index (κ1) is 16.4. The summed E-state index contributed by atoms with van der Waals surface area (Å²) in [4.78, 5) is 0. The molecule has 2 unspecified atom stereocenters. The van der Waals surface area contributed by atoms with Crippen molar-refractivity contribution in [3.05, 3.63) is 24.0 Å². The minimum Gasteiger partial charge on any atom is -0.391 e. The van der Waals surface area contributed by atoms with Crippen molar-refractivity contribution in [2.24, 2.45) is 10.8 Å². The second-order valence-electron chi connectivity index (χ2n) is 6.65. The van der Waals surface area contributed by atoms with Crippen LogP contribution in [0.4, 0.5) is 0 Å². The van der Waals surface area contributed by atoms with Crippen molar-refractivity contribution in [2.45, 2.75) is 33.1 Å². The highest BCUT2D eigenvalue weighted by atomic mass is 14.9. The molecule has 2 atom stereocenters. The molecule has 0 aliphatic carbocycles. The number of hydrogen-bond donors (Lipinski definition) is 4. The SMILES string of the molecule is CCNCC(C)(CCNC)C1=CNCCC12C=CNCC2. The summed E-state index contributed by atoms with van der Waals surface area (Å²) in [6.07, 6.45) is 10.5. The van der Waals surface area contributed by atoms with Crippen LogP contribution < -0.4 is 21.3 Å². The van der Waals surface area contributed by atoms with Crippen LogP contribution in [-0.4, -0.2) is 39.8 Å². The molecule has 2 aliphatic rings. The zero-order chi connectivity index (χ0) is 15.2. The number of rotatable bonds is 7. The van der Waals surface area contributed by atoms with Gasteiger partial charge in [0.2, 0.25) is 0 Å². The van der Waals surface area contributed by atoms with Crippen LogP contribution in [0.2, 0.25) is 0 Å². The molecule has 0 bridgehead atoms. The van der Waals surface area contributed by atoms with E-state index in [0.717, 1.165) is 39.1 Å². The lowest BCUT2D eigenvalue weighted by atomic mass is 9.61. The fourth-order valence-corrected chi connectivity index (χ4v) is 3.76. The number of allylic oxidation sites excluding steroid dienone is 1. The Morgan fingerprint density at radius 1 is 1.29 bits per heavy atom. The summed E-state index contributed by atoms with van der Waals surface area (Å²) >= 11 is 0. The van der Waals surface area contributed by atoms with Gasteiger partial charge in [0.15, 0.2) is 0 Å². The largest absolute Gasteiger partial charge is 0.391 e. The molecule has 2 aliphatic heterocycles. The van der Waals surface area contributed by atoms with Gasteiger partial charge >= 0.3 is 0 Å². The van der Waals surface area contributed by atoms with Gasteiger partial charge in [-0.15, -0.1) is 0 Å². The molecule has 0 radical (unpaired) electrons. The normalized spacial score (nSPS) is 27.7. The van der Waals surface area contributed by atoms with Gasteiger partial charge in [0, 0.05) is 30.5 Å². The van der Waals surface area contributed by atoms with E-state index < -0.39 is 0 Å². The fraction of sp³-hybridized carbons (Fsp3) is 0.765. The van der Waals surface area contributed by atoms with E-state index in [1.165, 1.54) is 12.8 Å². The average Bonchev–Trinajstić information content (AvgIpc) is 2.52. The monoisotopic (exact) mass is 292 g/mol. The third kappa shape index (κ3) is 3.61. The minimum atomic E-state index is 0.189. The molecule has 4 heteroatoms. The summed E-state index contributed by atoms with van der Waals surface area (Å²) < 4.78 is 0. The van der Waals surface area contributed by atoms with Gasteiger partial charge in [0.25, 0.3) is 0 Å². The minimum absolute atomic E-state index is 0.189. The van der Waals surface area contributed by atoms with Gasteiger partial charge in [-0.25, -0.2) is 0 Å². The lowest BCUT2D eigenvalue weighted by Gasteiger charge is -2.47. The molecule has 4 nitrogen and oxygen atoms in total. The molecule has 120 valence electrons. The van der Waals surface area contributed by atoms with Gasteiger partial charge in [-0.1, -0.05) is 19.9 Å². The maximum atomic E-state index is 3.58. The molecular formula is C17H32N4. The molecule has 0 amide bonds. The molecule has 2 heterocycles. The van der Waals surface area contributed by atoms with Crippen molar-refractivity contribution in [2.75, 3.05) is 39.8 Å². The van der Waals surface area contributed by atoms with E-state index in [1.54, 1.807) is 5.57 Å². The molecule has 0 saturated carbocycles. The quantitative estimate of drug-likeness (QED) is 0.575. The van der Waals surface area contributed by atoms with Crippen molar-refractivity contribution in [1.29, 1.82) is 0 Å². The summed E-state index contributed by atoms with van der Waals surface area (Å²) in [6, 6.07) is 0. The van der Waals surface area contributed by atoms with Crippen LogP contribution in [0.25, 0.3) is 0 Å². The summed E-state index contributed by atoms with van der Waals surface area (Å²) in [5.74, 6) is 0. The summed E-state index contributed by atoms with van der Waals surface area (Å²) in [6.45, 7) is 9.89. The van der Waals surface area contributed by atoms with Crippen molar-refractivity contribution < 1.29 is 0 Å². The van der Waals surface area contributed by atoms with Gasteiger partial charge in [0.1, 0.15) is 0 Å². The molecular weight excluding hydrogens is 260 g/mol. The molecule has 0 fully saturated rings. The van der Waals surface area contributed by atoms with Crippen LogP contribution in [0.1, 0.15) is 33.1 Å². The Hall–Kier alpha value is -1.00. The molecule has 0 aromatic carbocycles. The van der Waals surface area contributed by atoms with E-state index in [9.17, 15) is 0 Å². The van der Waals surface area contributed by atoms with E-state index in [1.807, 2.05) is 7.05 Å². The Labute approximate surface area is 129 Å². The molecule has 21 heavy (non-hydrogen) atoms. The zero-order valence-electron chi connectivity index (χ0n) is 13.9. The van der Waals surface area contributed by atoms with Crippen LogP contribution in [0, 0.1) is 10.8 Å². The zero-order valence-corrected chi connectivity index (χ0v) is 13.9. The Bertz CT molecular complexity index is 376. The Morgan fingerprint density at radius 3 is 2.67 bits per heavy atom. The van der Waals surface area contributed by atoms with Gasteiger partial charge < -0.3 is 21.3 Å². The standard InChI is InChI=1S/C17H32N4/c1-4-19-14-16(2,5-9-18-3)15-13-21-12-8-17(15)6-10-20-11-7-17/h6,10,13,18-21H,4-5,7-9,11-12,14H2,1-3H3. The lowest BCUT2D eigenvalue weighted by molar-refractivity contribution is 0.233. The fourth-order valence-electron chi connectivity index (χ4n) is 3.76. The summed E-state index contributed by atoms with van der Waals surface area (Å²) in [5, 5.41) is 13.8. The second-order valence-corrected chi connectivity index (χ2v) is 6.65. The first-order chi connectivity index (χ1) is 10.2. The Kier molecular flexibility index (Phi) is 5.71. The van der Waals surface area contributed by atoms with Crippen LogP contribution in [-0.2, 0) is 0 Å². The number of hydrogen-bond acceptors (Lipinski definition) is 4. The smallest absolute Gasteiger partial charge is 0.0164 e. The molecule has 0 aromatic heterocycles. The van der Waals surface area contributed by atoms with Gasteiger partial charge in [-0.3, -0.25) is 0 Å². The predicted octanol–water partition coefficient (Wildman–Crippen LogP) is 1.58. The maximum Gasteiger partial charge on any atom is 0.0164 e. The third-order valence-electron chi connectivity index (χ3n) is 5.08. The molecule has 2 rings (SSSR count). The van der Waals surface area contributed by atoms with Crippen LogP contribution in [0.3, 0.4) is 0 Å². The molecule has 1 spiro atoms. The van der Waals surface area contributed by atoms with E-state index >= 15 is 0 Å². The maximum absolute atomic E-state index is 3.58. The van der Waals surface area contributed by atoms with Crippen LogP contribution >= 0.6 is 0 Å². The summed E-state index contributed by atoms with van der Waals surface area (Å²) in [7, 11) is 2.04. The van der Waals surface area contributed by atoms with Gasteiger partial charge in [-0.05, 0) is 57.4 Å². The number of nitrogens with one attached hydrogen (secondary N) is 4. The van der Waals surface area contributed by atoms with Gasteiger partial charge in [-0.2, -0.15) is 0 Å². The van der Waals surface area contributed by atoms with Gasteiger partial charge in [0.05, 0.1) is 0 Å². The first-order valence-electron chi connectivity index (χ1n) is 8.38. The molecule has 4 N–H and O–H groups in total. The van der Waals surface area contributed by atoms with Crippen molar-refractivity contribution in [1.82, 2.24) is 21.3 Å².